The maximum absolute atomic E-state index is 13.3. The fraction of sp³-hybridized carbons (Fsp3) is 0.261. The molecule has 0 radical (unpaired) electrons. The van der Waals surface area contributed by atoms with Gasteiger partial charge >= 0.3 is 6.18 Å². The van der Waals surface area contributed by atoms with Crippen LogP contribution in [0.2, 0.25) is 0 Å². The van der Waals surface area contributed by atoms with Gasteiger partial charge in [0.2, 0.25) is 5.91 Å². The van der Waals surface area contributed by atoms with Crippen molar-refractivity contribution < 1.29 is 18.0 Å². The van der Waals surface area contributed by atoms with Gasteiger partial charge in [-0.05, 0) is 62.0 Å². The van der Waals surface area contributed by atoms with Crippen molar-refractivity contribution in [2.24, 2.45) is 16.5 Å². The number of nitrogens with one attached hydrogen (secondary N) is 1. The lowest BCUT2D eigenvalue weighted by atomic mass is 10.1. The normalized spacial score (nSPS) is 11.3. The molecule has 34 heavy (non-hydrogen) atoms. The highest BCUT2D eigenvalue weighted by molar-refractivity contribution is 7.98. The van der Waals surface area contributed by atoms with Gasteiger partial charge in [0.25, 0.3) is 0 Å². The summed E-state index contributed by atoms with van der Waals surface area (Å²) in [5.74, 6) is -0.110. The second-order valence-corrected chi connectivity index (χ2v) is 8.45. The Morgan fingerprint density at radius 3 is 2.38 bits per heavy atom. The third kappa shape index (κ3) is 7.01. The van der Waals surface area contributed by atoms with Crippen LogP contribution in [0.3, 0.4) is 0 Å². The number of carbonyl (C=O) groups excluding carboxylic acids is 1. The van der Waals surface area contributed by atoms with E-state index in [2.05, 4.69) is 14.8 Å². The quantitative estimate of drug-likeness (QED) is 0.178. The summed E-state index contributed by atoms with van der Waals surface area (Å²) in [6.45, 7) is 2.38. The van der Waals surface area contributed by atoms with Crippen molar-refractivity contribution >= 4 is 23.8 Å². The molecule has 0 spiro atoms. The van der Waals surface area contributed by atoms with Crippen molar-refractivity contribution in [2.75, 3.05) is 6.54 Å². The molecule has 0 saturated heterocycles. The Bertz CT molecular complexity index is 1140. The van der Waals surface area contributed by atoms with E-state index >= 15 is 0 Å². The van der Waals surface area contributed by atoms with Crippen molar-refractivity contribution in [3.05, 3.63) is 65.9 Å². The van der Waals surface area contributed by atoms with Crippen molar-refractivity contribution in [1.29, 1.82) is 0 Å². The number of carbonyl (C=O) groups is 1. The molecular formula is C23H25F3N6OS. The minimum atomic E-state index is -4.56. The van der Waals surface area contributed by atoms with Gasteiger partial charge in [-0.1, -0.05) is 29.8 Å². The number of nitrogens with two attached hydrogens (primary N) is 2. The maximum atomic E-state index is 13.3. The van der Waals surface area contributed by atoms with Crippen LogP contribution in [0.15, 0.2) is 64.5 Å². The molecule has 0 aliphatic heterocycles. The fourth-order valence-electron chi connectivity index (χ4n) is 3.07. The Morgan fingerprint density at radius 1 is 1.09 bits per heavy atom. The second-order valence-electron chi connectivity index (χ2n) is 7.58. The van der Waals surface area contributed by atoms with Crippen LogP contribution >= 0.6 is 11.9 Å². The molecule has 0 aliphatic carbocycles. The first-order valence-corrected chi connectivity index (χ1v) is 11.3. The number of hydrogen-bond acceptors (Lipinski definition) is 4. The molecule has 0 bridgehead atoms. The number of amides is 1. The van der Waals surface area contributed by atoms with E-state index in [1.165, 1.54) is 4.68 Å². The molecule has 5 N–H and O–H groups in total. The van der Waals surface area contributed by atoms with Gasteiger partial charge in [0.15, 0.2) is 11.7 Å². The van der Waals surface area contributed by atoms with Crippen molar-refractivity contribution in [3.63, 3.8) is 0 Å². The molecule has 0 unspecified atom stereocenters. The van der Waals surface area contributed by atoms with Crippen LogP contribution in [0.25, 0.3) is 16.9 Å². The number of guanidine groups is 1. The summed E-state index contributed by atoms with van der Waals surface area (Å²) < 4.78 is 44.1. The first kappa shape index (κ1) is 25.2. The zero-order valence-corrected chi connectivity index (χ0v) is 19.3. The Kier molecular flexibility index (Phi) is 8.21. The number of halogens is 3. The van der Waals surface area contributed by atoms with Gasteiger partial charge in [-0.2, -0.15) is 18.3 Å². The van der Waals surface area contributed by atoms with E-state index in [1.54, 1.807) is 36.4 Å². The topological polar surface area (TPSA) is 111 Å². The van der Waals surface area contributed by atoms with Crippen molar-refractivity contribution in [3.8, 4) is 16.9 Å². The summed E-state index contributed by atoms with van der Waals surface area (Å²) in [4.78, 5) is 16.6. The molecule has 2 aromatic carbocycles. The number of aromatic nitrogens is 2. The SMILES string of the molecule is Cc1ccc(-c2cc(C(F)(F)F)nn2-c2ccc(SNC(=O)CCCCN=C(N)N)cc2)cc1. The smallest absolute Gasteiger partial charge is 0.370 e. The molecule has 0 aliphatic rings. The van der Waals surface area contributed by atoms with Crippen molar-refractivity contribution in [1.82, 2.24) is 14.5 Å². The molecule has 1 heterocycles. The van der Waals surface area contributed by atoms with E-state index in [4.69, 9.17) is 11.5 Å². The standard InChI is InChI=1S/C23H25F3N6OS/c1-15-5-7-16(8-6-15)19-14-20(23(24,25)26)30-32(19)17-9-11-18(12-10-17)34-31-21(33)4-2-3-13-29-22(27)28/h5-12,14H,2-4,13H2,1H3,(H,31,33)(H4,27,28,29). The van der Waals surface area contributed by atoms with Crippen LogP contribution in [-0.4, -0.2) is 28.2 Å². The van der Waals surface area contributed by atoms with Gasteiger partial charge < -0.3 is 11.5 Å². The van der Waals surface area contributed by atoms with Crippen LogP contribution in [-0.2, 0) is 11.0 Å². The lowest BCUT2D eigenvalue weighted by Crippen LogP contribution is -2.23. The zero-order chi connectivity index (χ0) is 24.7. The van der Waals surface area contributed by atoms with Crippen LogP contribution < -0.4 is 16.2 Å². The minimum absolute atomic E-state index is 0.0270. The molecule has 0 fully saturated rings. The van der Waals surface area contributed by atoms with E-state index in [9.17, 15) is 18.0 Å². The lowest BCUT2D eigenvalue weighted by Gasteiger charge is -2.09. The second kappa shape index (κ2) is 11.1. The third-order valence-electron chi connectivity index (χ3n) is 4.82. The molecule has 3 aromatic rings. The first-order valence-electron chi connectivity index (χ1n) is 10.5. The Balaban J connectivity index is 1.68. The summed E-state index contributed by atoms with van der Waals surface area (Å²) >= 11 is 1.14. The van der Waals surface area contributed by atoms with Gasteiger partial charge in [0, 0.05) is 23.4 Å². The maximum Gasteiger partial charge on any atom is 0.435 e. The molecular weight excluding hydrogens is 465 g/mol. The number of hydrogen-bond donors (Lipinski definition) is 3. The number of alkyl halides is 3. The molecule has 3 rings (SSSR count). The van der Waals surface area contributed by atoms with Gasteiger partial charge in [-0.25, -0.2) is 4.68 Å². The summed E-state index contributed by atoms with van der Waals surface area (Å²) in [7, 11) is 0. The lowest BCUT2D eigenvalue weighted by molar-refractivity contribution is -0.141. The average Bonchev–Trinajstić information content (AvgIpc) is 3.24. The van der Waals surface area contributed by atoms with Crippen LogP contribution in [0.5, 0.6) is 0 Å². The number of rotatable bonds is 9. The molecule has 1 aromatic heterocycles. The van der Waals surface area contributed by atoms with Crippen LogP contribution in [0, 0.1) is 6.92 Å². The predicted molar refractivity (Wildman–Crippen MR) is 127 cm³/mol. The monoisotopic (exact) mass is 490 g/mol. The summed E-state index contributed by atoms with van der Waals surface area (Å²) in [6, 6.07) is 15.0. The Hall–Kier alpha value is -3.47. The number of unbranched alkanes of at least 4 members (excludes halogenated alkanes) is 1. The molecule has 1 amide bonds. The van der Waals surface area contributed by atoms with E-state index < -0.39 is 11.9 Å². The highest BCUT2D eigenvalue weighted by Crippen LogP contribution is 2.33. The first-order chi connectivity index (χ1) is 16.1. The van der Waals surface area contributed by atoms with Gasteiger partial charge in [0.1, 0.15) is 0 Å². The Morgan fingerprint density at radius 2 is 1.76 bits per heavy atom. The fourth-order valence-corrected chi connectivity index (χ4v) is 3.68. The highest BCUT2D eigenvalue weighted by atomic mass is 32.2. The molecule has 180 valence electrons. The molecule has 0 saturated carbocycles. The van der Waals surface area contributed by atoms with E-state index in [0.29, 0.717) is 42.8 Å². The largest absolute Gasteiger partial charge is 0.435 e. The van der Waals surface area contributed by atoms with Gasteiger partial charge in [-0.15, -0.1) is 0 Å². The number of nitrogens with zero attached hydrogens (tertiary/aromatic N) is 3. The van der Waals surface area contributed by atoms with Gasteiger partial charge in [-0.3, -0.25) is 14.5 Å². The van der Waals surface area contributed by atoms with Gasteiger partial charge in [0.05, 0.1) is 11.4 Å². The minimum Gasteiger partial charge on any atom is -0.370 e. The average molecular weight is 491 g/mol. The zero-order valence-electron chi connectivity index (χ0n) is 18.5. The molecule has 11 heteroatoms. The summed E-state index contributed by atoms with van der Waals surface area (Å²) in [5.41, 5.74) is 12.0. The van der Waals surface area contributed by atoms with Crippen molar-refractivity contribution in [2.45, 2.75) is 37.3 Å². The third-order valence-corrected chi connectivity index (χ3v) is 5.66. The number of benzene rings is 2. The van der Waals surface area contributed by atoms with Crippen LogP contribution in [0.4, 0.5) is 13.2 Å². The molecule has 7 nitrogen and oxygen atoms in total. The highest BCUT2D eigenvalue weighted by Gasteiger charge is 2.35. The summed E-state index contributed by atoms with van der Waals surface area (Å²) in [6.07, 6.45) is -2.89. The summed E-state index contributed by atoms with van der Waals surface area (Å²) in [5, 5.41) is 3.80. The Labute approximate surface area is 199 Å². The predicted octanol–water partition coefficient (Wildman–Crippen LogP) is 4.43. The number of aliphatic imine (C=N–C) groups is 1. The van der Waals surface area contributed by atoms with E-state index in [-0.39, 0.29) is 11.9 Å². The van der Waals surface area contributed by atoms with E-state index in [0.717, 1.165) is 28.5 Å². The number of aryl methyl sites for hydroxylation is 1. The molecule has 0 atom stereocenters. The van der Waals surface area contributed by atoms with E-state index in [1.807, 2.05) is 19.1 Å². The van der Waals surface area contributed by atoms with Crippen LogP contribution in [0.1, 0.15) is 30.5 Å².